The largest absolute Gasteiger partial charge is 0.322 e. The summed E-state index contributed by atoms with van der Waals surface area (Å²) in [6.07, 6.45) is 0.875. The number of nitrogens with zero attached hydrogens (tertiary/aromatic N) is 1. The highest BCUT2D eigenvalue weighted by Crippen LogP contribution is 2.35. The lowest BCUT2D eigenvalue weighted by Gasteiger charge is -2.37. The first kappa shape index (κ1) is 17.3. The molecule has 0 radical (unpaired) electrons. The van der Waals surface area contributed by atoms with Crippen molar-refractivity contribution in [3.63, 3.8) is 0 Å². The molecule has 0 saturated heterocycles. The first-order valence-corrected chi connectivity index (χ1v) is 9.40. The normalized spacial score (nSPS) is 15.9. The van der Waals surface area contributed by atoms with E-state index in [1.165, 1.54) is 22.3 Å². The van der Waals surface area contributed by atoms with E-state index >= 15 is 0 Å². The molecular weight excluding hydrogens is 332 g/mol. The summed E-state index contributed by atoms with van der Waals surface area (Å²) in [5.41, 5.74) is 6.91. The molecule has 3 nitrogen and oxygen atoms in total. The molecule has 0 spiro atoms. The van der Waals surface area contributed by atoms with E-state index < -0.39 is 0 Å². The van der Waals surface area contributed by atoms with Crippen molar-refractivity contribution >= 4 is 11.7 Å². The Morgan fingerprint density at radius 2 is 1.52 bits per heavy atom. The Bertz CT molecular complexity index is 945. The van der Waals surface area contributed by atoms with Gasteiger partial charge in [-0.25, -0.2) is 4.79 Å². The third kappa shape index (κ3) is 3.59. The molecule has 1 N–H and O–H groups in total. The van der Waals surface area contributed by atoms with E-state index in [4.69, 9.17) is 0 Å². The lowest BCUT2D eigenvalue weighted by Crippen LogP contribution is -2.43. The molecule has 1 aliphatic rings. The average Bonchev–Trinajstić information content (AvgIpc) is 2.69. The molecule has 4 rings (SSSR count). The van der Waals surface area contributed by atoms with Crippen LogP contribution in [0.1, 0.15) is 33.9 Å². The molecule has 0 saturated carbocycles. The second-order valence-electron chi connectivity index (χ2n) is 7.25. The quantitative estimate of drug-likeness (QED) is 0.647. The number of carbonyl (C=O) groups excluding carboxylic acids is 1. The lowest BCUT2D eigenvalue weighted by atomic mass is 9.88. The number of carbonyl (C=O) groups is 1. The summed E-state index contributed by atoms with van der Waals surface area (Å²) in [6.45, 7) is 4.83. The van der Waals surface area contributed by atoms with Crippen molar-refractivity contribution in [1.82, 2.24) is 4.90 Å². The molecule has 3 aromatic rings. The smallest absolute Gasteiger partial charge is 0.313 e. The third-order valence-corrected chi connectivity index (χ3v) is 5.24. The van der Waals surface area contributed by atoms with Crippen LogP contribution in [0.15, 0.2) is 72.8 Å². The number of anilines is 1. The molecule has 0 unspecified atom stereocenters. The molecule has 1 aliphatic heterocycles. The molecular formula is C24H24N2O. The summed E-state index contributed by atoms with van der Waals surface area (Å²) in [6, 6.07) is 24.7. The van der Waals surface area contributed by atoms with Crippen molar-refractivity contribution in [2.45, 2.75) is 26.3 Å². The first-order valence-electron chi connectivity index (χ1n) is 9.40. The number of rotatable bonds is 2. The van der Waals surface area contributed by atoms with Gasteiger partial charge in [0, 0.05) is 12.2 Å². The Labute approximate surface area is 160 Å². The standard InChI is InChI=1S/C24H24N2O/c1-17-7-11-20(12-8-17)23-22-6-4-3-5-19(22)15-16-26(23)24(27)25-21-13-9-18(2)10-14-21/h3-14,23H,15-16H2,1-2H3,(H,25,27)/t23-/m1/s1. The number of hydrogen-bond donors (Lipinski definition) is 1. The number of fused-ring (bicyclic) bond motifs is 1. The Hall–Kier alpha value is -3.07. The zero-order chi connectivity index (χ0) is 18.8. The first-order chi connectivity index (χ1) is 13.1. The van der Waals surface area contributed by atoms with Crippen LogP contribution < -0.4 is 5.32 Å². The topological polar surface area (TPSA) is 32.3 Å². The minimum absolute atomic E-state index is 0.0565. The van der Waals surface area contributed by atoms with Gasteiger partial charge >= 0.3 is 6.03 Å². The summed E-state index contributed by atoms with van der Waals surface area (Å²) in [4.78, 5) is 15.1. The van der Waals surface area contributed by atoms with Gasteiger partial charge in [-0.15, -0.1) is 0 Å². The molecule has 1 atom stereocenters. The minimum atomic E-state index is -0.0685. The van der Waals surface area contributed by atoms with Gasteiger partial charge in [-0.2, -0.15) is 0 Å². The molecule has 136 valence electrons. The van der Waals surface area contributed by atoms with Crippen LogP contribution in [-0.4, -0.2) is 17.5 Å². The van der Waals surface area contributed by atoms with Crippen molar-refractivity contribution in [2.24, 2.45) is 0 Å². The summed E-state index contributed by atoms with van der Waals surface area (Å²) >= 11 is 0. The molecule has 0 aromatic heterocycles. The van der Waals surface area contributed by atoms with E-state index in [1.54, 1.807) is 0 Å². The fourth-order valence-electron chi connectivity index (χ4n) is 3.73. The number of urea groups is 1. The van der Waals surface area contributed by atoms with E-state index in [1.807, 2.05) is 36.1 Å². The second-order valence-corrected chi connectivity index (χ2v) is 7.25. The van der Waals surface area contributed by atoms with Gasteiger partial charge in [-0.05, 0) is 49.1 Å². The number of nitrogens with one attached hydrogen (secondary N) is 1. The van der Waals surface area contributed by atoms with Gasteiger partial charge < -0.3 is 10.2 Å². The molecule has 0 fully saturated rings. The van der Waals surface area contributed by atoms with Crippen LogP contribution >= 0.6 is 0 Å². The fourth-order valence-corrected chi connectivity index (χ4v) is 3.73. The Kier molecular flexibility index (Phi) is 4.68. The maximum Gasteiger partial charge on any atom is 0.322 e. The van der Waals surface area contributed by atoms with Crippen LogP contribution in [0, 0.1) is 13.8 Å². The maximum atomic E-state index is 13.1. The van der Waals surface area contributed by atoms with Crippen molar-refractivity contribution in [3.05, 3.63) is 101 Å². The van der Waals surface area contributed by atoms with Crippen LogP contribution in [0.3, 0.4) is 0 Å². The van der Waals surface area contributed by atoms with Crippen LogP contribution in [0.2, 0.25) is 0 Å². The maximum absolute atomic E-state index is 13.1. The van der Waals surface area contributed by atoms with Crippen LogP contribution in [0.25, 0.3) is 0 Å². The van der Waals surface area contributed by atoms with Gasteiger partial charge in [-0.1, -0.05) is 71.8 Å². The minimum Gasteiger partial charge on any atom is -0.313 e. The molecule has 27 heavy (non-hydrogen) atoms. The van der Waals surface area contributed by atoms with Crippen LogP contribution in [-0.2, 0) is 6.42 Å². The van der Waals surface area contributed by atoms with Gasteiger partial charge in [0.25, 0.3) is 0 Å². The summed E-state index contributed by atoms with van der Waals surface area (Å²) in [7, 11) is 0. The number of benzene rings is 3. The number of aryl methyl sites for hydroxylation is 2. The number of amides is 2. The lowest BCUT2D eigenvalue weighted by molar-refractivity contribution is 0.194. The summed E-state index contributed by atoms with van der Waals surface area (Å²) < 4.78 is 0. The van der Waals surface area contributed by atoms with Gasteiger partial charge in [0.05, 0.1) is 6.04 Å². The highest BCUT2D eigenvalue weighted by atomic mass is 16.2. The predicted molar refractivity (Wildman–Crippen MR) is 110 cm³/mol. The van der Waals surface area contributed by atoms with Crippen molar-refractivity contribution in [2.75, 3.05) is 11.9 Å². The molecule has 3 aromatic carbocycles. The van der Waals surface area contributed by atoms with Crippen LogP contribution in [0.5, 0.6) is 0 Å². The summed E-state index contributed by atoms with van der Waals surface area (Å²) in [5, 5.41) is 3.07. The molecule has 1 heterocycles. The molecule has 3 heteroatoms. The number of hydrogen-bond acceptors (Lipinski definition) is 1. The van der Waals surface area contributed by atoms with E-state index in [2.05, 4.69) is 60.8 Å². The SMILES string of the molecule is Cc1ccc(NC(=O)N2CCc3ccccc3[C@H]2c2ccc(C)cc2)cc1. The molecule has 2 amide bonds. The molecule has 0 aliphatic carbocycles. The third-order valence-electron chi connectivity index (χ3n) is 5.24. The van der Waals surface area contributed by atoms with Crippen molar-refractivity contribution in [3.8, 4) is 0 Å². The van der Waals surface area contributed by atoms with E-state index in [9.17, 15) is 4.79 Å². The highest BCUT2D eigenvalue weighted by molar-refractivity contribution is 5.90. The van der Waals surface area contributed by atoms with E-state index in [0.29, 0.717) is 6.54 Å². The van der Waals surface area contributed by atoms with Gasteiger partial charge in [0.2, 0.25) is 0 Å². The van der Waals surface area contributed by atoms with E-state index in [0.717, 1.165) is 17.7 Å². The highest BCUT2D eigenvalue weighted by Gasteiger charge is 2.31. The van der Waals surface area contributed by atoms with E-state index in [-0.39, 0.29) is 12.1 Å². The zero-order valence-electron chi connectivity index (χ0n) is 15.8. The Morgan fingerprint density at radius 1 is 0.889 bits per heavy atom. The Morgan fingerprint density at radius 3 is 2.22 bits per heavy atom. The summed E-state index contributed by atoms with van der Waals surface area (Å²) in [5.74, 6) is 0. The van der Waals surface area contributed by atoms with Crippen molar-refractivity contribution < 1.29 is 4.79 Å². The van der Waals surface area contributed by atoms with Gasteiger partial charge in [0.15, 0.2) is 0 Å². The monoisotopic (exact) mass is 356 g/mol. The zero-order valence-corrected chi connectivity index (χ0v) is 15.8. The van der Waals surface area contributed by atoms with Crippen LogP contribution in [0.4, 0.5) is 10.5 Å². The Balaban J connectivity index is 1.68. The molecule has 0 bridgehead atoms. The van der Waals surface area contributed by atoms with Gasteiger partial charge in [0.1, 0.15) is 0 Å². The van der Waals surface area contributed by atoms with Gasteiger partial charge in [-0.3, -0.25) is 0 Å². The average molecular weight is 356 g/mol. The van der Waals surface area contributed by atoms with Crippen molar-refractivity contribution in [1.29, 1.82) is 0 Å². The second kappa shape index (κ2) is 7.28. The fraction of sp³-hybridized carbons (Fsp3) is 0.208. The predicted octanol–water partition coefficient (Wildman–Crippen LogP) is 5.48.